The number of halogens is 2. The van der Waals surface area contributed by atoms with E-state index in [1.54, 1.807) is 6.07 Å². The molecule has 0 saturated carbocycles. The summed E-state index contributed by atoms with van der Waals surface area (Å²) in [5.74, 6) is -0.150. The van der Waals surface area contributed by atoms with Crippen molar-refractivity contribution >= 4 is 11.6 Å². The fourth-order valence-corrected chi connectivity index (χ4v) is 3.40. The molecule has 128 valence electrons. The van der Waals surface area contributed by atoms with Crippen molar-refractivity contribution in [2.45, 2.75) is 19.3 Å². The molecule has 1 nitrogen and oxygen atoms in total. The number of benzene rings is 3. The summed E-state index contributed by atoms with van der Waals surface area (Å²) < 4.78 is 14.8. The van der Waals surface area contributed by atoms with E-state index in [2.05, 4.69) is 12.1 Å². The van der Waals surface area contributed by atoms with Gasteiger partial charge in [-0.15, -0.1) is 0 Å². The van der Waals surface area contributed by atoms with Gasteiger partial charge in [0.1, 0.15) is 5.82 Å². The van der Waals surface area contributed by atoms with Gasteiger partial charge in [0.15, 0.2) is 0 Å². The van der Waals surface area contributed by atoms with Crippen molar-refractivity contribution in [2.75, 3.05) is 6.54 Å². The van der Waals surface area contributed by atoms with Gasteiger partial charge >= 0.3 is 0 Å². The van der Waals surface area contributed by atoms with Crippen LogP contribution in [-0.2, 0) is 6.42 Å². The van der Waals surface area contributed by atoms with Crippen molar-refractivity contribution in [2.24, 2.45) is 5.73 Å². The first-order chi connectivity index (χ1) is 12.2. The summed E-state index contributed by atoms with van der Waals surface area (Å²) in [7, 11) is 0. The Balaban J connectivity index is 2.10. The Labute approximate surface area is 153 Å². The van der Waals surface area contributed by atoms with Gasteiger partial charge in [-0.2, -0.15) is 0 Å². The Bertz CT molecular complexity index is 861. The minimum absolute atomic E-state index is 0.0506. The Morgan fingerprint density at radius 3 is 2.36 bits per heavy atom. The minimum atomic E-state index is -0.201. The fraction of sp³-hybridized carbons (Fsp3) is 0.182. The largest absolute Gasteiger partial charge is 0.330 e. The second-order valence-corrected chi connectivity index (χ2v) is 6.48. The smallest absolute Gasteiger partial charge is 0.134 e. The quantitative estimate of drug-likeness (QED) is 0.616. The van der Waals surface area contributed by atoms with Crippen LogP contribution >= 0.6 is 11.6 Å². The number of aryl methyl sites for hydroxylation is 1. The maximum atomic E-state index is 14.8. The highest BCUT2D eigenvalue weighted by molar-refractivity contribution is 6.33. The van der Waals surface area contributed by atoms with Crippen molar-refractivity contribution < 1.29 is 4.39 Å². The third-order valence-corrected chi connectivity index (χ3v) is 4.91. The number of hydrogen-bond acceptors (Lipinski definition) is 1. The predicted octanol–water partition coefficient (Wildman–Crippen LogP) is 5.80. The monoisotopic (exact) mass is 353 g/mol. The Morgan fingerprint density at radius 2 is 1.68 bits per heavy atom. The van der Waals surface area contributed by atoms with E-state index in [0.717, 1.165) is 11.1 Å². The van der Waals surface area contributed by atoms with Gasteiger partial charge in [-0.1, -0.05) is 73.1 Å². The molecule has 2 N–H and O–H groups in total. The van der Waals surface area contributed by atoms with Crippen LogP contribution < -0.4 is 5.73 Å². The molecular weight excluding hydrogens is 333 g/mol. The van der Waals surface area contributed by atoms with Crippen molar-refractivity contribution in [3.05, 3.63) is 94.3 Å². The Morgan fingerprint density at radius 1 is 0.920 bits per heavy atom. The van der Waals surface area contributed by atoms with Crippen LogP contribution in [0.1, 0.15) is 29.5 Å². The first-order valence-corrected chi connectivity index (χ1v) is 8.85. The third-order valence-electron chi connectivity index (χ3n) is 4.58. The van der Waals surface area contributed by atoms with Crippen molar-refractivity contribution in [3.63, 3.8) is 0 Å². The molecule has 0 amide bonds. The van der Waals surface area contributed by atoms with E-state index < -0.39 is 0 Å². The van der Waals surface area contributed by atoms with Crippen molar-refractivity contribution in [3.8, 4) is 11.1 Å². The second kappa shape index (κ2) is 7.81. The van der Waals surface area contributed by atoms with Gasteiger partial charge in [-0.25, -0.2) is 4.39 Å². The molecule has 0 fully saturated rings. The SMILES string of the molecule is CCc1cccc(-c2cc(C(CN)c3ccccc3)ccc2Cl)c1F. The maximum Gasteiger partial charge on any atom is 0.134 e. The highest BCUT2D eigenvalue weighted by atomic mass is 35.5. The van der Waals surface area contributed by atoms with Crippen molar-refractivity contribution in [1.82, 2.24) is 0 Å². The summed E-state index contributed by atoms with van der Waals surface area (Å²) in [5.41, 5.74) is 10.1. The van der Waals surface area contributed by atoms with Gasteiger partial charge in [0, 0.05) is 28.6 Å². The highest BCUT2D eigenvalue weighted by Gasteiger charge is 2.17. The van der Waals surface area contributed by atoms with Crippen LogP contribution in [0.2, 0.25) is 5.02 Å². The van der Waals surface area contributed by atoms with Gasteiger partial charge < -0.3 is 5.73 Å². The highest BCUT2D eigenvalue weighted by Crippen LogP contribution is 2.35. The molecule has 0 saturated heterocycles. The molecule has 25 heavy (non-hydrogen) atoms. The zero-order valence-corrected chi connectivity index (χ0v) is 14.9. The molecule has 3 aromatic rings. The van der Waals surface area contributed by atoms with Gasteiger partial charge in [0.25, 0.3) is 0 Å². The van der Waals surface area contributed by atoms with E-state index >= 15 is 0 Å². The molecule has 0 heterocycles. The molecule has 0 bridgehead atoms. The molecule has 0 aliphatic heterocycles. The number of hydrogen-bond donors (Lipinski definition) is 1. The summed E-state index contributed by atoms with van der Waals surface area (Å²) in [5, 5.41) is 0.541. The molecule has 1 unspecified atom stereocenters. The lowest BCUT2D eigenvalue weighted by atomic mass is 9.89. The second-order valence-electron chi connectivity index (χ2n) is 6.07. The summed E-state index contributed by atoms with van der Waals surface area (Å²) in [6.45, 7) is 2.42. The number of nitrogens with two attached hydrogens (primary N) is 1. The van der Waals surface area contributed by atoms with Crippen LogP contribution in [0.3, 0.4) is 0 Å². The molecule has 0 aliphatic rings. The van der Waals surface area contributed by atoms with Crippen molar-refractivity contribution in [1.29, 1.82) is 0 Å². The summed E-state index contributed by atoms with van der Waals surface area (Å²) in [4.78, 5) is 0. The summed E-state index contributed by atoms with van der Waals surface area (Å²) in [6.07, 6.45) is 0.645. The van der Waals surface area contributed by atoms with Crippen LogP contribution in [0.15, 0.2) is 66.7 Å². The third kappa shape index (κ3) is 3.60. The Hall–Kier alpha value is -2.16. The number of rotatable bonds is 5. The van der Waals surface area contributed by atoms with E-state index in [9.17, 15) is 4.39 Å². The van der Waals surface area contributed by atoms with Crippen LogP contribution in [0, 0.1) is 5.82 Å². The zero-order valence-electron chi connectivity index (χ0n) is 14.2. The average Bonchev–Trinajstić information content (AvgIpc) is 2.65. The Kier molecular flexibility index (Phi) is 5.52. The molecule has 0 aliphatic carbocycles. The summed E-state index contributed by atoms with van der Waals surface area (Å²) in [6, 6.07) is 21.3. The molecule has 0 aromatic heterocycles. The predicted molar refractivity (Wildman–Crippen MR) is 104 cm³/mol. The van der Waals surface area contributed by atoms with E-state index in [1.165, 1.54) is 0 Å². The maximum absolute atomic E-state index is 14.8. The molecule has 0 radical (unpaired) electrons. The van der Waals surface area contributed by atoms with Crippen LogP contribution in [0.5, 0.6) is 0 Å². The van der Waals surface area contributed by atoms with E-state index in [1.807, 2.05) is 55.5 Å². The van der Waals surface area contributed by atoms with Crippen LogP contribution in [0.25, 0.3) is 11.1 Å². The van der Waals surface area contributed by atoms with Crippen LogP contribution in [0.4, 0.5) is 4.39 Å². The molecular formula is C22H21ClFN. The standard InChI is InChI=1S/C22H21ClFN/c1-2-15-9-6-10-18(22(15)24)19-13-17(11-12-21(19)23)20(14-25)16-7-4-3-5-8-16/h3-13,20H,2,14,25H2,1H3. The van der Waals surface area contributed by atoms with E-state index in [-0.39, 0.29) is 11.7 Å². The molecule has 3 rings (SSSR count). The van der Waals surface area contributed by atoms with Gasteiger partial charge in [-0.05, 0) is 35.2 Å². The molecule has 3 heteroatoms. The lowest BCUT2D eigenvalue weighted by Crippen LogP contribution is -2.14. The lowest BCUT2D eigenvalue weighted by molar-refractivity contribution is 0.616. The van der Waals surface area contributed by atoms with E-state index in [4.69, 9.17) is 17.3 Å². The average molecular weight is 354 g/mol. The molecule has 3 aromatic carbocycles. The topological polar surface area (TPSA) is 26.0 Å². The van der Waals surface area contributed by atoms with Gasteiger partial charge in [0.2, 0.25) is 0 Å². The van der Waals surface area contributed by atoms with E-state index in [0.29, 0.717) is 34.7 Å². The van der Waals surface area contributed by atoms with Gasteiger partial charge in [-0.3, -0.25) is 0 Å². The normalized spacial score (nSPS) is 12.2. The summed E-state index contributed by atoms with van der Waals surface area (Å²) >= 11 is 6.39. The van der Waals surface area contributed by atoms with Gasteiger partial charge in [0.05, 0.1) is 0 Å². The zero-order chi connectivity index (χ0) is 17.8. The first kappa shape index (κ1) is 17.7. The molecule has 0 spiro atoms. The lowest BCUT2D eigenvalue weighted by Gasteiger charge is -2.18. The molecule has 1 atom stereocenters. The van der Waals surface area contributed by atoms with Crippen LogP contribution in [-0.4, -0.2) is 6.54 Å². The fourth-order valence-electron chi connectivity index (χ4n) is 3.18. The first-order valence-electron chi connectivity index (χ1n) is 8.48. The minimum Gasteiger partial charge on any atom is -0.330 e.